The van der Waals surface area contributed by atoms with Crippen molar-refractivity contribution in [1.29, 1.82) is 0 Å². The minimum absolute atomic E-state index is 0.0829. The van der Waals surface area contributed by atoms with Gasteiger partial charge in [-0.15, -0.1) is 0 Å². The van der Waals surface area contributed by atoms with Gasteiger partial charge in [-0.1, -0.05) is 30.3 Å². The van der Waals surface area contributed by atoms with Crippen LogP contribution in [0.3, 0.4) is 0 Å². The lowest BCUT2D eigenvalue weighted by molar-refractivity contribution is -0.133. The number of methoxy groups -OCH3 is 2. The summed E-state index contributed by atoms with van der Waals surface area (Å²) < 4.78 is 10.5. The average Bonchev–Trinajstić information content (AvgIpc) is 2.78. The van der Waals surface area contributed by atoms with Crippen LogP contribution in [0.4, 0.5) is 0 Å². The Labute approximate surface area is 177 Å². The Balaban J connectivity index is 1.52. The molecule has 1 heterocycles. The smallest absolute Gasteiger partial charge is 0.254 e. The number of amides is 2. The van der Waals surface area contributed by atoms with Crippen molar-refractivity contribution in [3.8, 4) is 11.5 Å². The zero-order chi connectivity index (χ0) is 21.5. The van der Waals surface area contributed by atoms with E-state index >= 15 is 0 Å². The van der Waals surface area contributed by atoms with Crippen molar-refractivity contribution in [1.82, 2.24) is 14.7 Å². The minimum atomic E-state index is -0.0829. The number of rotatable bonds is 7. The van der Waals surface area contributed by atoms with Gasteiger partial charge in [0.1, 0.15) is 11.5 Å². The molecule has 0 aromatic heterocycles. The summed E-state index contributed by atoms with van der Waals surface area (Å²) in [6.45, 7) is 3.16. The molecule has 30 heavy (non-hydrogen) atoms. The van der Waals surface area contributed by atoms with Crippen LogP contribution in [0.15, 0.2) is 48.5 Å². The molecule has 3 rings (SSSR count). The zero-order valence-corrected chi connectivity index (χ0v) is 17.8. The van der Waals surface area contributed by atoms with Crippen LogP contribution >= 0.6 is 0 Å². The average molecular weight is 412 g/mol. The third-order valence-electron chi connectivity index (χ3n) is 5.22. The van der Waals surface area contributed by atoms with E-state index in [2.05, 4.69) is 12.1 Å². The van der Waals surface area contributed by atoms with Crippen LogP contribution in [0.25, 0.3) is 0 Å². The van der Waals surface area contributed by atoms with Gasteiger partial charge in [0.2, 0.25) is 5.91 Å². The molecule has 0 radical (unpaired) electrons. The monoisotopic (exact) mass is 411 g/mol. The van der Waals surface area contributed by atoms with Gasteiger partial charge in [-0.25, -0.2) is 0 Å². The van der Waals surface area contributed by atoms with E-state index < -0.39 is 0 Å². The predicted molar refractivity (Wildman–Crippen MR) is 115 cm³/mol. The minimum Gasteiger partial charge on any atom is -0.497 e. The number of hydrogen-bond donors (Lipinski definition) is 0. The van der Waals surface area contributed by atoms with Crippen LogP contribution in [0, 0.1) is 0 Å². The van der Waals surface area contributed by atoms with E-state index in [0.29, 0.717) is 49.8 Å². The Bertz CT molecular complexity index is 842. The summed E-state index contributed by atoms with van der Waals surface area (Å²) in [5.41, 5.74) is 1.70. The van der Waals surface area contributed by atoms with Crippen molar-refractivity contribution in [2.24, 2.45) is 0 Å². The molecule has 1 saturated heterocycles. The number of hydrogen-bond acceptors (Lipinski definition) is 5. The number of carbonyl (C=O) groups excluding carboxylic acids is 2. The summed E-state index contributed by atoms with van der Waals surface area (Å²) in [6.07, 6.45) is 0. The SMILES string of the molecule is COc1cc(OC)cc(C(=O)N2CCN(C(=O)CN(C)Cc3ccccc3)CC2)c1. The third-order valence-corrected chi connectivity index (χ3v) is 5.22. The molecule has 2 aromatic rings. The van der Waals surface area contributed by atoms with Gasteiger partial charge in [-0.3, -0.25) is 14.5 Å². The summed E-state index contributed by atoms with van der Waals surface area (Å²) >= 11 is 0. The maximum atomic E-state index is 12.9. The van der Waals surface area contributed by atoms with Gasteiger partial charge in [0.25, 0.3) is 5.91 Å². The second-order valence-electron chi connectivity index (χ2n) is 7.43. The first-order valence-electron chi connectivity index (χ1n) is 10.0. The second kappa shape index (κ2) is 10.1. The molecule has 2 amide bonds. The lowest BCUT2D eigenvalue weighted by Crippen LogP contribution is -2.52. The van der Waals surface area contributed by atoms with E-state index in [1.165, 1.54) is 5.56 Å². The summed E-state index contributed by atoms with van der Waals surface area (Å²) in [4.78, 5) is 31.2. The van der Waals surface area contributed by atoms with Crippen molar-refractivity contribution >= 4 is 11.8 Å². The third kappa shape index (κ3) is 5.51. The highest BCUT2D eigenvalue weighted by Gasteiger charge is 2.26. The fourth-order valence-corrected chi connectivity index (χ4v) is 3.55. The molecule has 0 aliphatic carbocycles. The Morgan fingerprint density at radius 3 is 2.03 bits per heavy atom. The van der Waals surface area contributed by atoms with E-state index in [1.54, 1.807) is 37.3 Å². The van der Waals surface area contributed by atoms with Crippen molar-refractivity contribution in [2.75, 3.05) is 54.0 Å². The van der Waals surface area contributed by atoms with Crippen molar-refractivity contribution < 1.29 is 19.1 Å². The van der Waals surface area contributed by atoms with E-state index in [4.69, 9.17) is 9.47 Å². The second-order valence-corrected chi connectivity index (χ2v) is 7.43. The normalized spacial score (nSPS) is 14.0. The molecule has 1 aliphatic heterocycles. The molecular weight excluding hydrogens is 382 g/mol. The molecule has 0 unspecified atom stereocenters. The maximum absolute atomic E-state index is 12.9. The summed E-state index contributed by atoms with van der Waals surface area (Å²) in [5.74, 6) is 1.16. The van der Waals surface area contributed by atoms with E-state index in [-0.39, 0.29) is 11.8 Å². The molecule has 7 nitrogen and oxygen atoms in total. The standard InChI is InChI=1S/C23H29N3O4/c1-24(16-18-7-5-4-6-8-18)17-22(27)25-9-11-26(12-10-25)23(28)19-13-20(29-2)15-21(14-19)30-3/h4-8,13-15H,9-12,16-17H2,1-3H3. The number of nitrogens with zero attached hydrogens (tertiary/aromatic N) is 3. The Morgan fingerprint density at radius 1 is 0.900 bits per heavy atom. The molecular formula is C23H29N3O4. The van der Waals surface area contributed by atoms with Crippen LogP contribution in [0.2, 0.25) is 0 Å². The van der Waals surface area contributed by atoms with Gasteiger partial charge < -0.3 is 19.3 Å². The van der Waals surface area contributed by atoms with Gasteiger partial charge in [0.15, 0.2) is 0 Å². The molecule has 0 atom stereocenters. The van der Waals surface area contributed by atoms with Crippen molar-refractivity contribution in [3.63, 3.8) is 0 Å². The van der Waals surface area contributed by atoms with Gasteiger partial charge in [-0.2, -0.15) is 0 Å². The fourth-order valence-electron chi connectivity index (χ4n) is 3.55. The van der Waals surface area contributed by atoms with E-state index in [1.807, 2.05) is 35.0 Å². The fraction of sp³-hybridized carbons (Fsp3) is 0.391. The van der Waals surface area contributed by atoms with Crippen LogP contribution < -0.4 is 9.47 Å². The van der Waals surface area contributed by atoms with Gasteiger partial charge >= 0.3 is 0 Å². The van der Waals surface area contributed by atoms with Crippen LogP contribution in [-0.2, 0) is 11.3 Å². The lowest BCUT2D eigenvalue weighted by Gasteiger charge is -2.35. The first-order valence-corrected chi connectivity index (χ1v) is 10.0. The highest BCUT2D eigenvalue weighted by atomic mass is 16.5. The zero-order valence-electron chi connectivity index (χ0n) is 17.8. The van der Waals surface area contributed by atoms with E-state index in [9.17, 15) is 9.59 Å². The molecule has 0 N–H and O–H groups in total. The van der Waals surface area contributed by atoms with Gasteiger partial charge in [0.05, 0.1) is 20.8 Å². The molecule has 2 aromatic carbocycles. The van der Waals surface area contributed by atoms with Crippen molar-refractivity contribution in [3.05, 3.63) is 59.7 Å². The summed E-state index contributed by atoms with van der Waals surface area (Å²) in [7, 11) is 5.06. The van der Waals surface area contributed by atoms with Crippen LogP contribution in [0.1, 0.15) is 15.9 Å². The number of ether oxygens (including phenoxy) is 2. The highest BCUT2D eigenvalue weighted by molar-refractivity contribution is 5.95. The largest absolute Gasteiger partial charge is 0.497 e. The summed E-state index contributed by atoms with van der Waals surface area (Å²) in [5, 5.41) is 0. The molecule has 1 aliphatic rings. The lowest BCUT2D eigenvalue weighted by atomic mass is 10.1. The number of likely N-dealkylation sites (N-methyl/N-ethyl adjacent to an activating group) is 1. The van der Waals surface area contributed by atoms with Crippen molar-refractivity contribution in [2.45, 2.75) is 6.54 Å². The number of carbonyl (C=O) groups is 2. The molecule has 160 valence electrons. The molecule has 0 saturated carbocycles. The van der Waals surface area contributed by atoms with Crippen LogP contribution in [-0.4, -0.2) is 80.5 Å². The summed E-state index contributed by atoms with van der Waals surface area (Å²) in [6, 6.07) is 15.2. The predicted octanol–water partition coefficient (Wildman–Crippen LogP) is 2.12. The molecule has 0 spiro atoms. The first kappa shape index (κ1) is 21.6. The van der Waals surface area contributed by atoms with Gasteiger partial charge in [-0.05, 0) is 24.7 Å². The highest BCUT2D eigenvalue weighted by Crippen LogP contribution is 2.23. The molecule has 1 fully saturated rings. The van der Waals surface area contributed by atoms with Gasteiger partial charge in [0, 0.05) is 44.4 Å². The maximum Gasteiger partial charge on any atom is 0.254 e. The Hall–Kier alpha value is -3.06. The van der Waals surface area contributed by atoms with Crippen LogP contribution in [0.5, 0.6) is 11.5 Å². The Morgan fingerprint density at radius 2 is 1.47 bits per heavy atom. The molecule has 7 heteroatoms. The number of piperazine rings is 1. The first-order chi connectivity index (χ1) is 14.5. The Kier molecular flexibility index (Phi) is 7.30. The topological polar surface area (TPSA) is 62.3 Å². The number of benzene rings is 2. The molecule has 0 bridgehead atoms. The van der Waals surface area contributed by atoms with E-state index in [0.717, 1.165) is 6.54 Å². The quantitative estimate of drug-likeness (QED) is 0.699.